The first-order valence-electron chi connectivity index (χ1n) is 5.78. The Balaban J connectivity index is 0.000000306. The quantitative estimate of drug-likeness (QED) is 0.352. The van der Waals surface area contributed by atoms with Gasteiger partial charge >= 0.3 is 0 Å². The summed E-state index contributed by atoms with van der Waals surface area (Å²) >= 11 is 0. The predicted molar refractivity (Wildman–Crippen MR) is 71.1 cm³/mol. The molecule has 2 rings (SSSR count). The fraction of sp³-hybridized carbons (Fsp3) is 0.308. The van der Waals surface area contributed by atoms with Crippen LogP contribution in [0.5, 0.6) is 5.75 Å². The zero-order chi connectivity index (χ0) is 14.5. The number of hydrogen-bond donors (Lipinski definition) is 2. The van der Waals surface area contributed by atoms with E-state index in [9.17, 15) is 10.1 Å². The average molecular weight is 267 g/mol. The first kappa shape index (κ1) is 16.6. The number of rotatable bonds is 1. The minimum atomic E-state index is -0.514. The minimum absolute atomic E-state index is 0.0159. The second-order valence-corrected chi connectivity index (χ2v) is 3.63. The molecule has 1 aromatic carbocycles. The van der Waals surface area contributed by atoms with E-state index in [1.165, 1.54) is 49.9 Å². The number of nitro groups is 1. The summed E-state index contributed by atoms with van der Waals surface area (Å²) in [5, 5.41) is 25.6. The lowest BCUT2D eigenvalue weighted by molar-refractivity contribution is -0.384. The summed E-state index contributed by atoms with van der Waals surface area (Å²) in [6.07, 6.45) is 10.0. The Labute approximate surface area is 111 Å². The molecule has 0 saturated heterocycles. The van der Waals surface area contributed by atoms with Crippen LogP contribution in [0.3, 0.4) is 0 Å². The van der Waals surface area contributed by atoms with Crippen LogP contribution in [0.25, 0.3) is 0 Å². The van der Waals surface area contributed by atoms with Gasteiger partial charge in [0.05, 0.1) is 4.92 Å². The van der Waals surface area contributed by atoms with Crippen molar-refractivity contribution in [1.82, 2.24) is 0 Å². The van der Waals surface area contributed by atoms with Gasteiger partial charge in [-0.2, -0.15) is 0 Å². The van der Waals surface area contributed by atoms with E-state index in [-0.39, 0.29) is 17.9 Å². The van der Waals surface area contributed by atoms with Crippen LogP contribution in [0.1, 0.15) is 25.7 Å². The summed E-state index contributed by atoms with van der Waals surface area (Å²) in [6.45, 7) is -0.250. The predicted octanol–water partition coefficient (Wildman–Crippen LogP) is 3.12. The maximum atomic E-state index is 10.0. The average Bonchev–Trinajstić information content (AvgIpc) is 2.43. The van der Waals surface area contributed by atoms with E-state index in [1.54, 1.807) is 0 Å². The van der Waals surface area contributed by atoms with Crippen LogP contribution in [-0.4, -0.2) is 21.6 Å². The van der Waals surface area contributed by atoms with Crippen LogP contribution in [-0.2, 0) is 4.79 Å². The topological polar surface area (TPSA) is 101 Å². The molecule has 0 spiro atoms. The third kappa shape index (κ3) is 9.34. The van der Waals surface area contributed by atoms with Crippen LogP contribution in [0.2, 0.25) is 0 Å². The van der Waals surface area contributed by atoms with Crippen LogP contribution >= 0.6 is 0 Å². The Bertz CT molecular complexity index is 392. The number of carboxylic acid groups (broad SMARTS) is 1. The fourth-order valence-corrected chi connectivity index (χ4v) is 1.33. The van der Waals surface area contributed by atoms with Crippen molar-refractivity contribution in [3.8, 4) is 5.75 Å². The molecule has 19 heavy (non-hydrogen) atoms. The monoisotopic (exact) mass is 267 g/mol. The van der Waals surface area contributed by atoms with Gasteiger partial charge in [0.25, 0.3) is 12.2 Å². The lowest BCUT2D eigenvalue weighted by Crippen LogP contribution is -1.85. The summed E-state index contributed by atoms with van der Waals surface area (Å²) < 4.78 is 0. The molecule has 1 aliphatic carbocycles. The van der Waals surface area contributed by atoms with Crippen LogP contribution in [0.15, 0.2) is 36.4 Å². The lowest BCUT2D eigenvalue weighted by atomic mass is 10.1. The summed E-state index contributed by atoms with van der Waals surface area (Å²) in [4.78, 5) is 17.9. The third-order valence-electron chi connectivity index (χ3n) is 2.22. The summed E-state index contributed by atoms with van der Waals surface area (Å²) in [5.41, 5.74) is -0.0159. The van der Waals surface area contributed by atoms with Gasteiger partial charge in [-0.25, -0.2) is 0 Å². The van der Waals surface area contributed by atoms with Gasteiger partial charge in [0, 0.05) is 12.1 Å². The van der Waals surface area contributed by atoms with Crippen molar-refractivity contribution in [2.45, 2.75) is 25.7 Å². The molecule has 6 heteroatoms. The highest BCUT2D eigenvalue weighted by Gasteiger charge is 2.01. The Morgan fingerprint density at radius 3 is 1.79 bits per heavy atom. The number of allylic oxidation sites excluding steroid dienone is 2. The second kappa shape index (κ2) is 10.8. The van der Waals surface area contributed by atoms with Gasteiger partial charge in [0.1, 0.15) is 5.75 Å². The normalized spacial score (nSPS) is 12.2. The molecule has 0 radical (unpaired) electrons. The van der Waals surface area contributed by atoms with E-state index in [4.69, 9.17) is 15.0 Å². The summed E-state index contributed by atoms with van der Waals surface area (Å²) in [5.74, 6) is 0.0330. The smallest absolute Gasteiger partial charge is 0.290 e. The number of hydrogen-bond acceptors (Lipinski definition) is 4. The van der Waals surface area contributed by atoms with Gasteiger partial charge in [-0.3, -0.25) is 14.9 Å². The van der Waals surface area contributed by atoms with E-state index in [0.29, 0.717) is 0 Å². The number of nitrogens with zero attached hydrogens (tertiary/aromatic N) is 1. The first-order chi connectivity index (χ1) is 9.11. The van der Waals surface area contributed by atoms with Crippen molar-refractivity contribution in [2.24, 2.45) is 0 Å². The van der Waals surface area contributed by atoms with Crippen molar-refractivity contribution in [2.75, 3.05) is 0 Å². The number of benzene rings is 1. The Hall–Kier alpha value is -2.37. The van der Waals surface area contributed by atoms with E-state index >= 15 is 0 Å². The molecule has 0 atom stereocenters. The molecular weight excluding hydrogens is 250 g/mol. The maximum Gasteiger partial charge on any atom is 0.290 e. The van der Waals surface area contributed by atoms with E-state index in [0.717, 1.165) is 0 Å². The third-order valence-corrected chi connectivity index (χ3v) is 2.22. The number of carbonyl (C=O) groups is 1. The van der Waals surface area contributed by atoms with E-state index < -0.39 is 4.92 Å². The second-order valence-electron chi connectivity index (χ2n) is 3.63. The van der Waals surface area contributed by atoms with Crippen molar-refractivity contribution in [1.29, 1.82) is 0 Å². The maximum absolute atomic E-state index is 10.0. The van der Waals surface area contributed by atoms with E-state index in [2.05, 4.69) is 12.2 Å². The Morgan fingerprint density at radius 2 is 1.53 bits per heavy atom. The summed E-state index contributed by atoms with van der Waals surface area (Å²) in [6, 6.07) is 5.04. The van der Waals surface area contributed by atoms with E-state index in [1.807, 2.05) is 0 Å². The Morgan fingerprint density at radius 1 is 1.11 bits per heavy atom. The zero-order valence-electron chi connectivity index (χ0n) is 10.4. The molecule has 0 fully saturated rings. The molecule has 1 aromatic rings. The molecule has 0 aliphatic heterocycles. The molecular formula is C13H17NO5. The van der Waals surface area contributed by atoms with Crippen LogP contribution in [0.4, 0.5) is 5.69 Å². The molecule has 0 aromatic heterocycles. The SMILES string of the molecule is C1=CCCCC1.O=CO.O=[N+]([O-])c1ccc(O)cc1. The van der Waals surface area contributed by atoms with Crippen molar-refractivity contribution in [3.63, 3.8) is 0 Å². The largest absolute Gasteiger partial charge is 0.508 e. The molecule has 6 nitrogen and oxygen atoms in total. The molecule has 0 saturated carbocycles. The molecule has 0 unspecified atom stereocenters. The highest BCUT2D eigenvalue weighted by atomic mass is 16.6. The fourth-order valence-electron chi connectivity index (χ4n) is 1.33. The molecule has 1 aliphatic rings. The summed E-state index contributed by atoms with van der Waals surface area (Å²) in [7, 11) is 0. The molecule has 0 amide bonds. The molecule has 0 bridgehead atoms. The number of nitro benzene ring substituents is 1. The van der Waals surface area contributed by atoms with Crippen molar-refractivity contribution < 1.29 is 19.9 Å². The van der Waals surface area contributed by atoms with Gasteiger partial charge in [0.15, 0.2) is 0 Å². The molecule has 0 heterocycles. The van der Waals surface area contributed by atoms with Crippen molar-refractivity contribution in [3.05, 3.63) is 46.5 Å². The highest BCUT2D eigenvalue weighted by Crippen LogP contribution is 2.14. The first-order valence-corrected chi connectivity index (χ1v) is 5.78. The van der Waals surface area contributed by atoms with Gasteiger partial charge in [0.2, 0.25) is 0 Å². The van der Waals surface area contributed by atoms with Gasteiger partial charge < -0.3 is 10.2 Å². The minimum Gasteiger partial charge on any atom is -0.508 e. The lowest BCUT2D eigenvalue weighted by Gasteiger charge is -1.97. The number of aromatic hydroxyl groups is 1. The van der Waals surface area contributed by atoms with Crippen LogP contribution < -0.4 is 0 Å². The number of phenolic OH excluding ortho intramolecular Hbond substituents is 1. The zero-order valence-corrected chi connectivity index (χ0v) is 10.4. The standard InChI is InChI=1S/C6H5NO3.C6H10.CH2O2/c8-6-3-1-5(2-4-6)7(9)10;1-2-4-6-5-3-1;2-1-3/h1-4,8H;1-2H,3-6H2;1H,(H,2,3). The molecule has 104 valence electrons. The van der Waals surface area contributed by atoms with Crippen molar-refractivity contribution >= 4 is 12.2 Å². The Kier molecular flexibility index (Phi) is 9.42. The van der Waals surface area contributed by atoms with Gasteiger partial charge in [-0.1, -0.05) is 12.2 Å². The van der Waals surface area contributed by atoms with Gasteiger partial charge in [-0.15, -0.1) is 0 Å². The highest BCUT2D eigenvalue weighted by molar-refractivity contribution is 5.35. The van der Waals surface area contributed by atoms with Gasteiger partial charge in [-0.05, 0) is 37.8 Å². The number of non-ortho nitro benzene ring substituents is 1. The number of phenols is 1. The van der Waals surface area contributed by atoms with Crippen LogP contribution in [0, 0.1) is 10.1 Å². The molecule has 2 N–H and O–H groups in total.